The number of morpholine rings is 1. The standard InChI is InChI=1S/C22H29ClN2O3/c1-2-27-22-15-19(16-24-9-10-25-11-13-26-14-12-25)5-8-21(22)28-17-18-3-6-20(23)7-4-18/h3-8,15,24H,2,9-14,16-17H2,1H3. The molecular weight excluding hydrogens is 376 g/mol. The first-order valence-corrected chi connectivity index (χ1v) is 10.3. The van der Waals surface area contributed by atoms with E-state index in [9.17, 15) is 0 Å². The van der Waals surface area contributed by atoms with Gasteiger partial charge in [0.25, 0.3) is 0 Å². The van der Waals surface area contributed by atoms with E-state index in [0.717, 1.165) is 68.0 Å². The summed E-state index contributed by atoms with van der Waals surface area (Å²) in [5.41, 5.74) is 2.25. The number of hydrogen-bond acceptors (Lipinski definition) is 5. The van der Waals surface area contributed by atoms with Crippen molar-refractivity contribution in [3.05, 3.63) is 58.6 Å². The van der Waals surface area contributed by atoms with Crippen molar-refractivity contribution >= 4 is 11.6 Å². The molecule has 152 valence electrons. The maximum Gasteiger partial charge on any atom is 0.161 e. The van der Waals surface area contributed by atoms with Crippen LogP contribution in [0.1, 0.15) is 18.1 Å². The Balaban J connectivity index is 1.50. The number of nitrogens with one attached hydrogen (secondary N) is 1. The highest BCUT2D eigenvalue weighted by Gasteiger charge is 2.10. The summed E-state index contributed by atoms with van der Waals surface area (Å²) < 4.78 is 17.1. The predicted molar refractivity (Wildman–Crippen MR) is 112 cm³/mol. The van der Waals surface area contributed by atoms with E-state index in [2.05, 4.69) is 22.3 Å². The van der Waals surface area contributed by atoms with Crippen LogP contribution in [-0.4, -0.2) is 50.9 Å². The summed E-state index contributed by atoms with van der Waals surface area (Å²) in [5.74, 6) is 1.54. The van der Waals surface area contributed by atoms with Crippen LogP contribution in [0.25, 0.3) is 0 Å². The maximum absolute atomic E-state index is 5.97. The number of hydrogen-bond donors (Lipinski definition) is 1. The number of ether oxygens (including phenoxy) is 3. The Morgan fingerprint density at radius 2 is 1.75 bits per heavy atom. The highest BCUT2D eigenvalue weighted by atomic mass is 35.5. The highest BCUT2D eigenvalue weighted by Crippen LogP contribution is 2.29. The van der Waals surface area contributed by atoms with Crippen LogP contribution in [0, 0.1) is 0 Å². The van der Waals surface area contributed by atoms with Crippen LogP contribution < -0.4 is 14.8 Å². The lowest BCUT2D eigenvalue weighted by Crippen LogP contribution is -2.40. The van der Waals surface area contributed by atoms with E-state index < -0.39 is 0 Å². The van der Waals surface area contributed by atoms with Gasteiger partial charge in [0, 0.05) is 37.7 Å². The molecule has 0 aromatic heterocycles. The zero-order valence-electron chi connectivity index (χ0n) is 16.5. The Labute approximate surface area is 172 Å². The van der Waals surface area contributed by atoms with E-state index in [1.807, 2.05) is 37.3 Å². The fourth-order valence-electron chi connectivity index (χ4n) is 3.09. The largest absolute Gasteiger partial charge is 0.490 e. The van der Waals surface area contributed by atoms with Gasteiger partial charge < -0.3 is 19.5 Å². The Hall–Kier alpha value is -1.79. The molecule has 0 radical (unpaired) electrons. The monoisotopic (exact) mass is 404 g/mol. The fourth-order valence-corrected chi connectivity index (χ4v) is 3.21. The molecule has 0 spiro atoms. The topological polar surface area (TPSA) is 43.0 Å². The molecule has 6 heteroatoms. The van der Waals surface area contributed by atoms with Gasteiger partial charge in [0.1, 0.15) is 6.61 Å². The molecule has 0 saturated carbocycles. The molecule has 2 aromatic carbocycles. The fraction of sp³-hybridized carbons (Fsp3) is 0.455. The minimum Gasteiger partial charge on any atom is -0.490 e. The normalized spacial score (nSPS) is 14.8. The summed E-state index contributed by atoms with van der Waals surface area (Å²) in [5, 5.41) is 4.24. The van der Waals surface area contributed by atoms with Crippen LogP contribution >= 0.6 is 11.6 Å². The number of rotatable bonds is 10. The van der Waals surface area contributed by atoms with Gasteiger partial charge in [-0.15, -0.1) is 0 Å². The summed E-state index contributed by atoms with van der Waals surface area (Å²) in [6.07, 6.45) is 0. The Morgan fingerprint density at radius 3 is 2.50 bits per heavy atom. The Morgan fingerprint density at radius 1 is 1.00 bits per heavy atom. The van der Waals surface area contributed by atoms with E-state index in [-0.39, 0.29) is 0 Å². The second-order valence-electron chi connectivity index (χ2n) is 6.76. The molecule has 0 atom stereocenters. The van der Waals surface area contributed by atoms with Crippen molar-refractivity contribution < 1.29 is 14.2 Å². The molecule has 1 heterocycles. The van der Waals surface area contributed by atoms with Crippen LogP contribution in [0.2, 0.25) is 5.02 Å². The van der Waals surface area contributed by atoms with Crippen molar-refractivity contribution in [3.8, 4) is 11.5 Å². The van der Waals surface area contributed by atoms with Gasteiger partial charge in [0.15, 0.2) is 11.5 Å². The van der Waals surface area contributed by atoms with Gasteiger partial charge in [-0.1, -0.05) is 29.8 Å². The first kappa shape index (κ1) is 20.9. The highest BCUT2D eigenvalue weighted by molar-refractivity contribution is 6.30. The molecular formula is C22H29ClN2O3. The van der Waals surface area contributed by atoms with Crippen molar-refractivity contribution in [1.29, 1.82) is 0 Å². The van der Waals surface area contributed by atoms with Crippen molar-refractivity contribution in [2.24, 2.45) is 0 Å². The lowest BCUT2D eigenvalue weighted by atomic mass is 10.2. The van der Waals surface area contributed by atoms with Crippen LogP contribution in [0.4, 0.5) is 0 Å². The third-order valence-electron chi connectivity index (χ3n) is 4.65. The molecule has 0 unspecified atom stereocenters. The zero-order chi connectivity index (χ0) is 19.6. The van der Waals surface area contributed by atoms with Gasteiger partial charge in [-0.05, 0) is 42.3 Å². The summed E-state index contributed by atoms with van der Waals surface area (Å²) in [6, 6.07) is 13.8. The maximum atomic E-state index is 5.97. The average Bonchev–Trinajstić information content (AvgIpc) is 2.73. The van der Waals surface area contributed by atoms with Crippen molar-refractivity contribution in [3.63, 3.8) is 0 Å². The molecule has 28 heavy (non-hydrogen) atoms. The molecule has 1 aliphatic heterocycles. The molecule has 1 fully saturated rings. The lowest BCUT2D eigenvalue weighted by Gasteiger charge is -2.26. The van der Waals surface area contributed by atoms with Crippen LogP contribution in [0.3, 0.4) is 0 Å². The zero-order valence-corrected chi connectivity index (χ0v) is 17.2. The summed E-state index contributed by atoms with van der Waals surface area (Å²) in [4.78, 5) is 2.43. The Bertz CT molecular complexity index is 718. The second-order valence-corrected chi connectivity index (χ2v) is 7.20. The molecule has 3 rings (SSSR count). The van der Waals surface area contributed by atoms with Gasteiger partial charge in [0.05, 0.1) is 19.8 Å². The number of nitrogens with zero attached hydrogens (tertiary/aromatic N) is 1. The molecule has 0 amide bonds. The molecule has 0 aliphatic carbocycles. The van der Waals surface area contributed by atoms with Crippen LogP contribution in [-0.2, 0) is 17.9 Å². The van der Waals surface area contributed by atoms with Gasteiger partial charge in [-0.25, -0.2) is 0 Å². The number of halogens is 1. The summed E-state index contributed by atoms with van der Waals surface area (Å²) in [7, 11) is 0. The third kappa shape index (κ3) is 6.67. The molecule has 2 aromatic rings. The first-order chi connectivity index (χ1) is 13.7. The Kier molecular flexibility index (Phi) is 8.42. The van der Waals surface area contributed by atoms with Gasteiger partial charge in [0.2, 0.25) is 0 Å². The SMILES string of the molecule is CCOc1cc(CNCCN2CCOCC2)ccc1OCc1ccc(Cl)cc1. The summed E-state index contributed by atoms with van der Waals surface area (Å²) in [6.45, 7) is 9.61. The van der Waals surface area contributed by atoms with Gasteiger partial charge >= 0.3 is 0 Å². The van der Waals surface area contributed by atoms with Gasteiger partial charge in [-0.2, -0.15) is 0 Å². The number of benzene rings is 2. The van der Waals surface area contributed by atoms with Gasteiger partial charge in [-0.3, -0.25) is 4.90 Å². The lowest BCUT2D eigenvalue weighted by molar-refractivity contribution is 0.0384. The quantitative estimate of drug-likeness (QED) is 0.611. The van der Waals surface area contributed by atoms with E-state index in [4.69, 9.17) is 25.8 Å². The predicted octanol–water partition coefficient (Wildman–Crippen LogP) is 3.74. The molecule has 0 bridgehead atoms. The second kappa shape index (κ2) is 11.3. The summed E-state index contributed by atoms with van der Waals surface area (Å²) >= 11 is 5.93. The molecule has 1 saturated heterocycles. The third-order valence-corrected chi connectivity index (χ3v) is 4.91. The molecule has 5 nitrogen and oxygen atoms in total. The van der Waals surface area contributed by atoms with Crippen LogP contribution in [0.15, 0.2) is 42.5 Å². The minimum absolute atomic E-state index is 0.481. The molecule has 1 N–H and O–H groups in total. The van der Waals surface area contributed by atoms with E-state index in [0.29, 0.717) is 13.2 Å². The van der Waals surface area contributed by atoms with E-state index in [1.54, 1.807) is 0 Å². The smallest absolute Gasteiger partial charge is 0.161 e. The first-order valence-electron chi connectivity index (χ1n) is 9.88. The van der Waals surface area contributed by atoms with Crippen molar-refractivity contribution in [2.45, 2.75) is 20.1 Å². The van der Waals surface area contributed by atoms with Crippen molar-refractivity contribution in [1.82, 2.24) is 10.2 Å². The average molecular weight is 405 g/mol. The van der Waals surface area contributed by atoms with E-state index in [1.165, 1.54) is 5.56 Å². The molecule has 1 aliphatic rings. The van der Waals surface area contributed by atoms with E-state index >= 15 is 0 Å². The minimum atomic E-state index is 0.481. The van der Waals surface area contributed by atoms with Crippen LogP contribution in [0.5, 0.6) is 11.5 Å². The van der Waals surface area contributed by atoms with Crippen molar-refractivity contribution in [2.75, 3.05) is 46.0 Å².